The lowest BCUT2D eigenvalue weighted by Gasteiger charge is -2.02. The number of hydrogen-bond donors (Lipinski definition) is 1. The summed E-state index contributed by atoms with van der Waals surface area (Å²) >= 11 is 0. The Balaban J connectivity index is 1.76. The van der Waals surface area contributed by atoms with E-state index in [1.807, 2.05) is 30.3 Å². The first-order valence-electron chi connectivity index (χ1n) is 7.79. The van der Waals surface area contributed by atoms with Crippen LogP contribution in [0.2, 0.25) is 0 Å². The molecule has 6 heteroatoms. The largest absolute Gasteiger partial charge is 0.366 e. The average molecular weight is 336 g/mol. The van der Waals surface area contributed by atoms with Crippen LogP contribution in [0.1, 0.15) is 16.8 Å². The molecule has 3 rings (SSSR count). The first-order chi connectivity index (χ1) is 12.1. The Hall–Kier alpha value is -3.28. The van der Waals surface area contributed by atoms with Crippen LogP contribution in [0.25, 0.3) is 6.08 Å². The number of nitrogens with zero attached hydrogens (tertiary/aromatic N) is 3. The third kappa shape index (κ3) is 4.38. The van der Waals surface area contributed by atoms with Crippen molar-refractivity contribution in [1.82, 2.24) is 15.0 Å². The highest BCUT2D eigenvalue weighted by Gasteiger charge is 2.11. The van der Waals surface area contributed by atoms with Crippen molar-refractivity contribution in [3.05, 3.63) is 89.0 Å². The molecule has 3 aromatic rings. The molecular weight excluding hydrogens is 319 g/mol. The first-order valence-corrected chi connectivity index (χ1v) is 7.79. The van der Waals surface area contributed by atoms with Crippen molar-refractivity contribution < 1.29 is 9.18 Å². The van der Waals surface area contributed by atoms with E-state index >= 15 is 0 Å². The second kappa shape index (κ2) is 7.53. The Labute approximate surface area is 144 Å². The molecule has 1 amide bonds. The molecule has 5 nitrogen and oxygen atoms in total. The predicted molar refractivity (Wildman–Crippen MR) is 92.8 cm³/mol. The number of carbonyl (C=O) groups is 1. The number of hydrogen-bond acceptors (Lipinski definition) is 3. The highest BCUT2D eigenvalue weighted by Crippen LogP contribution is 2.12. The average Bonchev–Trinajstić information content (AvgIpc) is 3.04. The van der Waals surface area contributed by atoms with Crippen LogP contribution in [0, 0.1) is 5.82 Å². The van der Waals surface area contributed by atoms with E-state index in [0.29, 0.717) is 16.8 Å². The quantitative estimate of drug-likeness (QED) is 0.703. The second-order valence-corrected chi connectivity index (χ2v) is 5.62. The fraction of sp³-hybridized carbons (Fsp3) is 0.105. The molecule has 0 atom stereocenters. The van der Waals surface area contributed by atoms with Gasteiger partial charge in [0.1, 0.15) is 5.82 Å². The summed E-state index contributed by atoms with van der Waals surface area (Å²) in [7, 11) is 0. The molecule has 2 aromatic carbocycles. The first kappa shape index (κ1) is 16.6. The minimum absolute atomic E-state index is 0.265. The van der Waals surface area contributed by atoms with E-state index in [2.05, 4.69) is 10.3 Å². The van der Waals surface area contributed by atoms with Gasteiger partial charge in [0.05, 0.1) is 12.2 Å². The Bertz CT molecular complexity index is 903. The lowest BCUT2D eigenvalue weighted by molar-refractivity contribution is -0.114. The summed E-state index contributed by atoms with van der Waals surface area (Å²) in [6.45, 7) is 0.272. The van der Waals surface area contributed by atoms with Gasteiger partial charge in [-0.15, -0.1) is 5.10 Å². The van der Waals surface area contributed by atoms with Crippen LogP contribution in [0.4, 0.5) is 4.39 Å². The number of aromatic nitrogens is 3. The smallest absolute Gasteiger partial charge is 0.245 e. The Morgan fingerprint density at radius 2 is 1.84 bits per heavy atom. The number of halogens is 1. The number of rotatable bonds is 6. The van der Waals surface area contributed by atoms with E-state index in [0.717, 1.165) is 5.56 Å². The Kier molecular flexibility index (Phi) is 4.99. The highest BCUT2D eigenvalue weighted by molar-refractivity contribution is 5.96. The lowest BCUT2D eigenvalue weighted by Crippen LogP contribution is -2.15. The second-order valence-electron chi connectivity index (χ2n) is 5.62. The van der Waals surface area contributed by atoms with Gasteiger partial charge >= 0.3 is 0 Å². The van der Waals surface area contributed by atoms with Crippen LogP contribution >= 0.6 is 0 Å². The summed E-state index contributed by atoms with van der Waals surface area (Å²) in [5.41, 5.74) is 7.91. The maximum atomic E-state index is 13.7. The summed E-state index contributed by atoms with van der Waals surface area (Å²) in [6, 6.07) is 15.9. The molecule has 1 heterocycles. The van der Waals surface area contributed by atoms with E-state index in [-0.39, 0.29) is 18.8 Å². The van der Waals surface area contributed by atoms with Gasteiger partial charge in [-0.25, -0.2) is 9.07 Å². The van der Waals surface area contributed by atoms with Gasteiger partial charge in [0.25, 0.3) is 0 Å². The molecule has 0 bridgehead atoms. The van der Waals surface area contributed by atoms with Crippen molar-refractivity contribution in [3.8, 4) is 0 Å². The van der Waals surface area contributed by atoms with E-state index in [1.165, 1.54) is 10.7 Å². The third-order valence-electron chi connectivity index (χ3n) is 3.70. The highest BCUT2D eigenvalue weighted by atomic mass is 19.1. The van der Waals surface area contributed by atoms with Gasteiger partial charge in [0.15, 0.2) is 0 Å². The number of benzene rings is 2. The summed E-state index contributed by atoms with van der Waals surface area (Å²) in [5.74, 6) is -0.797. The maximum absolute atomic E-state index is 13.7. The fourth-order valence-corrected chi connectivity index (χ4v) is 2.45. The van der Waals surface area contributed by atoms with Gasteiger partial charge in [0.2, 0.25) is 5.91 Å². The Morgan fingerprint density at radius 3 is 2.56 bits per heavy atom. The molecule has 126 valence electrons. The van der Waals surface area contributed by atoms with E-state index in [4.69, 9.17) is 5.73 Å². The number of amides is 1. The normalized spacial score (nSPS) is 11.5. The van der Waals surface area contributed by atoms with Crippen LogP contribution in [0.5, 0.6) is 0 Å². The molecule has 0 fully saturated rings. The van der Waals surface area contributed by atoms with Crippen LogP contribution in [0.3, 0.4) is 0 Å². The Morgan fingerprint density at radius 1 is 1.12 bits per heavy atom. The van der Waals surface area contributed by atoms with Crippen molar-refractivity contribution >= 4 is 12.0 Å². The van der Waals surface area contributed by atoms with Crippen molar-refractivity contribution in [2.75, 3.05) is 0 Å². The fourth-order valence-electron chi connectivity index (χ4n) is 2.45. The monoisotopic (exact) mass is 336 g/mol. The van der Waals surface area contributed by atoms with Crippen LogP contribution < -0.4 is 5.73 Å². The SMILES string of the molecule is NC(=O)C(=Cc1ccccc1)Cc1cn(Cc2ccccc2F)nn1. The molecule has 1 aromatic heterocycles. The number of primary amides is 1. The molecule has 0 unspecified atom stereocenters. The van der Waals surface area contributed by atoms with Gasteiger partial charge < -0.3 is 5.73 Å². The van der Waals surface area contributed by atoms with E-state index < -0.39 is 5.91 Å². The molecule has 0 spiro atoms. The zero-order valence-electron chi connectivity index (χ0n) is 13.5. The molecule has 25 heavy (non-hydrogen) atoms. The topological polar surface area (TPSA) is 73.8 Å². The van der Waals surface area contributed by atoms with Gasteiger partial charge in [-0.1, -0.05) is 53.7 Å². The summed E-state index contributed by atoms with van der Waals surface area (Å²) in [5, 5.41) is 8.04. The van der Waals surface area contributed by atoms with E-state index in [1.54, 1.807) is 30.5 Å². The van der Waals surface area contributed by atoms with Crippen molar-refractivity contribution in [2.45, 2.75) is 13.0 Å². The van der Waals surface area contributed by atoms with Crippen molar-refractivity contribution in [2.24, 2.45) is 5.73 Å². The van der Waals surface area contributed by atoms with E-state index in [9.17, 15) is 9.18 Å². The summed E-state index contributed by atoms with van der Waals surface area (Å²) in [6.07, 6.45) is 3.69. The zero-order valence-corrected chi connectivity index (χ0v) is 13.5. The minimum atomic E-state index is -0.507. The van der Waals surface area contributed by atoms with Gasteiger partial charge in [-0.2, -0.15) is 0 Å². The molecule has 0 aliphatic rings. The molecule has 0 radical (unpaired) electrons. The predicted octanol–water partition coefficient (Wildman–Crippen LogP) is 2.58. The molecule has 0 saturated heterocycles. The molecule has 2 N–H and O–H groups in total. The van der Waals surface area contributed by atoms with Crippen LogP contribution in [-0.4, -0.2) is 20.9 Å². The van der Waals surface area contributed by atoms with Crippen molar-refractivity contribution in [1.29, 1.82) is 0 Å². The minimum Gasteiger partial charge on any atom is -0.366 e. The summed E-state index contributed by atoms with van der Waals surface area (Å²) in [4.78, 5) is 11.7. The lowest BCUT2D eigenvalue weighted by atomic mass is 10.1. The van der Waals surface area contributed by atoms with Gasteiger partial charge in [0, 0.05) is 23.8 Å². The third-order valence-corrected chi connectivity index (χ3v) is 3.70. The summed E-state index contributed by atoms with van der Waals surface area (Å²) < 4.78 is 15.2. The number of nitrogens with two attached hydrogens (primary N) is 1. The van der Waals surface area contributed by atoms with Crippen LogP contribution in [-0.2, 0) is 17.8 Å². The zero-order chi connectivity index (χ0) is 17.6. The van der Waals surface area contributed by atoms with Gasteiger partial charge in [-0.3, -0.25) is 4.79 Å². The number of carbonyl (C=O) groups excluding carboxylic acids is 1. The van der Waals surface area contributed by atoms with Crippen molar-refractivity contribution in [3.63, 3.8) is 0 Å². The van der Waals surface area contributed by atoms with Crippen LogP contribution in [0.15, 0.2) is 66.4 Å². The maximum Gasteiger partial charge on any atom is 0.245 e. The molecule has 0 aliphatic heterocycles. The molecular formula is C19H17FN4O. The molecule has 0 aliphatic carbocycles. The molecule has 0 saturated carbocycles. The van der Waals surface area contributed by atoms with Gasteiger partial charge in [-0.05, 0) is 17.7 Å². The standard InChI is InChI=1S/C19H17FN4O/c20-18-9-5-4-8-15(18)12-24-13-17(22-23-24)11-16(19(21)25)10-14-6-2-1-3-7-14/h1-10,13H,11-12H2,(H2,21,25).